The van der Waals surface area contributed by atoms with Gasteiger partial charge in [0.15, 0.2) is 0 Å². The second-order valence-corrected chi connectivity index (χ2v) is 5.34. The Morgan fingerprint density at radius 1 is 1.40 bits per heavy atom. The van der Waals surface area contributed by atoms with Gasteiger partial charge in [-0.15, -0.1) is 0 Å². The Kier molecular flexibility index (Phi) is 5.30. The molecule has 0 aliphatic heterocycles. The lowest BCUT2D eigenvalue weighted by atomic mass is 9.82. The van der Waals surface area contributed by atoms with Gasteiger partial charge in [0.25, 0.3) is 5.91 Å². The first-order valence-electron chi connectivity index (χ1n) is 6.93. The van der Waals surface area contributed by atoms with Crippen molar-refractivity contribution < 1.29 is 14.7 Å². The molecule has 1 aromatic rings. The average Bonchev–Trinajstić information content (AvgIpc) is 2.89. The normalized spacial score (nSPS) is 11.7. The Labute approximate surface area is 119 Å². The third kappa shape index (κ3) is 3.37. The SMILES string of the molecule is CCC(CC)(CNC(=O)c1cc(C(C)C)[nH]n1)C(=O)O. The molecule has 0 fully saturated rings. The minimum atomic E-state index is -0.910. The van der Waals surface area contributed by atoms with Crippen LogP contribution < -0.4 is 5.32 Å². The third-order valence-electron chi connectivity index (χ3n) is 3.85. The van der Waals surface area contributed by atoms with Crippen LogP contribution in [0.3, 0.4) is 0 Å². The molecule has 1 aromatic heterocycles. The summed E-state index contributed by atoms with van der Waals surface area (Å²) in [7, 11) is 0. The van der Waals surface area contributed by atoms with E-state index in [4.69, 9.17) is 0 Å². The van der Waals surface area contributed by atoms with Crippen LogP contribution in [0.15, 0.2) is 6.07 Å². The van der Waals surface area contributed by atoms with Gasteiger partial charge in [0, 0.05) is 12.2 Å². The van der Waals surface area contributed by atoms with E-state index in [0.29, 0.717) is 18.5 Å². The number of hydrogen-bond acceptors (Lipinski definition) is 3. The van der Waals surface area contributed by atoms with Crippen molar-refractivity contribution in [3.8, 4) is 0 Å². The third-order valence-corrected chi connectivity index (χ3v) is 3.85. The Balaban J connectivity index is 2.72. The highest BCUT2D eigenvalue weighted by Crippen LogP contribution is 2.25. The molecule has 0 aliphatic carbocycles. The van der Waals surface area contributed by atoms with Gasteiger partial charge in [0.2, 0.25) is 0 Å². The minimum Gasteiger partial charge on any atom is -0.481 e. The molecule has 0 aromatic carbocycles. The Morgan fingerprint density at radius 3 is 2.40 bits per heavy atom. The number of carbonyl (C=O) groups excluding carboxylic acids is 1. The number of amides is 1. The first kappa shape index (κ1) is 16.2. The first-order valence-corrected chi connectivity index (χ1v) is 6.93. The number of rotatable bonds is 7. The highest BCUT2D eigenvalue weighted by molar-refractivity contribution is 5.92. The molecule has 0 radical (unpaired) electrons. The van der Waals surface area contributed by atoms with Gasteiger partial charge >= 0.3 is 5.97 Å². The van der Waals surface area contributed by atoms with Crippen LogP contribution in [-0.4, -0.2) is 33.7 Å². The lowest BCUT2D eigenvalue weighted by Gasteiger charge is -2.26. The molecular formula is C14H23N3O3. The summed E-state index contributed by atoms with van der Waals surface area (Å²) in [5.74, 6) is -0.971. The first-order chi connectivity index (χ1) is 9.36. The highest BCUT2D eigenvalue weighted by atomic mass is 16.4. The fourth-order valence-corrected chi connectivity index (χ4v) is 1.97. The van der Waals surface area contributed by atoms with Crippen molar-refractivity contribution in [1.29, 1.82) is 0 Å². The summed E-state index contributed by atoms with van der Waals surface area (Å²) in [5.41, 5.74) is 0.262. The second kappa shape index (κ2) is 6.54. The van der Waals surface area contributed by atoms with Gasteiger partial charge in [0.05, 0.1) is 5.41 Å². The number of aliphatic carboxylic acids is 1. The number of carbonyl (C=O) groups is 2. The zero-order valence-electron chi connectivity index (χ0n) is 12.5. The van der Waals surface area contributed by atoms with Gasteiger partial charge in [-0.05, 0) is 24.8 Å². The fraction of sp³-hybridized carbons (Fsp3) is 0.643. The summed E-state index contributed by atoms with van der Waals surface area (Å²) in [6, 6.07) is 1.69. The monoisotopic (exact) mass is 281 g/mol. The zero-order valence-corrected chi connectivity index (χ0v) is 12.5. The van der Waals surface area contributed by atoms with Crippen LogP contribution in [0.2, 0.25) is 0 Å². The van der Waals surface area contributed by atoms with Crippen molar-refractivity contribution in [2.45, 2.75) is 46.5 Å². The van der Waals surface area contributed by atoms with Gasteiger partial charge < -0.3 is 10.4 Å². The molecule has 0 saturated carbocycles. The number of hydrogen-bond donors (Lipinski definition) is 3. The van der Waals surface area contributed by atoms with Crippen molar-refractivity contribution in [1.82, 2.24) is 15.5 Å². The van der Waals surface area contributed by atoms with Crippen LogP contribution in [0, 0.1) is 5.41 Å². The Bertz CT molecular complexity index is 476. The van der Waals surface area contributed by atoms with Crippen molar-refractivity contribution in [2.75, 3.05) is 6.54 Å². The molecule has 6 heteroatoms. The van der Waals surface area contributed by atoms with Gasteiger partial charge in [-0.2, -0.15) is 5.10 Å². The number of carboxylic acids is 1. The Hall–Kier alpha value is -1.85. The zero-order chi connectivity index (χ0) is 15.3. The summed E-state index contributed by atoms with van der Waals surface area (Å²) >= 11 is 0. The van der Waals surface area contributed by atoms with Crippen molar-refractivity contribution in [3.63, 3.8) is 0 Å². The number of carboxylic acid groups (broad SMARTS) is 1. The number of nitrogens with zero attached hydrogens (tertiary/aromatic N) is 1. The van der Waals surface area contributed by atoms with Crippen LogP contribution >= 0.6 is 0 Å². The molecule has 20 heavy (non-hydrogen) atoms. The fourth-order valence-electron chi connectivity index (χ4n) is 1.97. The molecule has 1 heterocycles. The molecule has 112 valence electrons. The lowest BCUT2D eigenvalue weighted by Crippen LogP contribution is -2.42. The molecule has 6 nitrogen and oxygen atoms in total. The molecule has 3 N–H and O–H groups in total. The average molecular weight is 281 g/mol. The summed E-state index contributed by atoms with van der Waals surface area (Å²) in [4.78, 5) is 23.3. The van der Waals surface area contributed by atoms with Crippen LogP contribution in [0.4, 0.5) is 0 Å². The molecule has 0 atom stereocenters. The van der Waals surface area contributed by atoms with Crippen LogP contribution in [0.25, 0.3) is 0 Å². The maximum Gasteiger partial charge on any atom is 0.311 e. The highest BCUT2D eigenvalue weighted by Gasteiger charge is 2.35. The quantitative estimate of drug-likeness (QED) is 0.713. The van der Waals surface area contributed by atoms with Gasteiger partial charge in [0.1, 0.15) is 5.69 Å². The van der Waals surface area contributed by atoms with Crippen LogP contribution in [0.1, 0.15) is 62.6 Å². The molecule has 1 rings (SSSR count). The second-order valence-electron chi connectivity index (χ2n) is 5.34. The van der Waals surface area contributed by atoms with E-state index in [2.05, 4.69) is 15.5 Å². The van der Waals surface area contributed by atoms with Crippen LogP contribution in [-0.2, 0) is 4.79 Å². The number of aromatic amines is 1. The van der Waals surface area contributed by atoms with Crippen molar-refractivity contribution in [3.05, 3.63) is 17.5 Å². The minimum absolute atomic E-state index is 0.109. The van der Waals surface area contributed by atoms with E-state index in [1.54, 1.807) is 6.07 Å². The predicted molar refractivity (Wildman–Crippen MR) is 75.7 cm³/mol. The van der Waals surface area contributed by atoms with E-state index < -0.39 is 11.4 Å². The summed E-state index contributed by atoms with van der Waals surface area (Å²) in [6.07, 6.45) is 0.938. The van der Waals surface area contributed by atoms with E-state index in [1.165, 1.54) is 0 Å². The van der Waals surface area contributed by atoms with E-state index in [-0.39, 0.29) is 18.4 Å². The van der Waals surface area contributed by atoms with Gasteiger partial charge in [-0.1, -0.05) is 27.7 Å². The van der Waals surface area contributed by atoms with Crippen LogP contribution in [0.5, 0.6) is 0 Å². The van der Waals surface area contributed by atoms with Gasteiger partial charge in [-0.3, -0.25) is 14.7 Å². The molecule has 0 aliphatic rings. The smallest absolute Gasteiger partial charge is 0.311 e. The molecule has 1 amide bonds. The number of H-pyrrole nitrogens is 1. The number of nitrogens with one attached hydrogen (secondary N) is 2. The van der Waals surface area contributed by atoms with E-state index >= 15 is 0 Å². The van der Waals surface area contributed by atoms with Crippen molar-refractivity contribution >= 4 is 11.9 Å². The topological polar surface area (TPSA) is 95.1 Å². The summed E-state index contributed by atoms with van der Waals surface area (Å²) in [5, 5.41) is 18.7. The summed E-state index contributed by atoms with van der Waals surface area (Å²) < 4.78 is 0. The summed E-state index contributed by atoms with van der Waals surface area (Å²) in [6.45, 7) is 7.74. The van der Waals surface area contributed by atoms with Gasteiger partial charge in [-0.25, -0.2) is 0 Å². The molecular weight excluding hydrogens is 258 g/mol. The standard InChI is InChI=1S/C14H23N3O3/c1-5-14(6-2,13(19)20)8-15-12(18)11-7-10(9(3)4)16-17-11/h7,9H,5-6,8H2,1-4H3,(H,15,18)(H,16,17)(H,19,20). The molecule has 0 bridgehead atoms. The molecule has 0 saturated heterocycles. The largest absolute Gasteiger partial charge is 0.481 e. The maximum absolute atomic E-state index is 12.0. The maximum atomic E-state index is 12.0. The Morgan fingerprint density at radius 2 is 2.00 bits per heavy atom. The molecule has 0 spiro atoms. The predicted octanol–water partition coefficient (Wildman–Crippen LogP) is 2.15. The molecule has 0 unspecified atom stereocenters. The van der Waals surface area contributed by atoms with E-state index in [1.807, 2.05) is 27.7 Å². The van der Waals surface area contributed by atoms with E-state index in [0.717, 1.165) is 5.69 Å². The van der Waals surface area contributed by atoms with E-state index in [9.17, 15) is 14.7 Å². The van der Waals surface area contributed by atoms with Crippen molar-refractivity contribution in [2.24, 2.45) is 5.41 Å². The number of aromatic nitrogens is 2. The lowest BCUT2D eigenvalue weighted by molar-refractivity contribution is -0.149.